The Labute approximate surface area is 235 Å². The van der Waals surface area contributed by atoms with Crippen LogP contribution in [0.2, 0.25) is 5.02 Å². The zero-order chi connectivity index (χ0) is 27.7. The average Bonchev–Trinajstić information content (AvgIpc) is 3.56. The highest BCUT2D eigenvalue weighted by atomic mass is 35.5. The van der Waals surface area contributed by atoms with Gasteiger partial charge >= 0.3 is 5.97 Å². The number of hydrogen-bond donors (Lipinski definition) is 1. The summed E-state index contributed by atoms with van der Waals surface area (Å²) in [6.07, 6.45) is 6.15. The Hall–Kier alpha value is -3.24. The Balaban J connectivity index is 1.46. The van der Waals surface area contributed by atoms with Gasteiger partial charge in [-0.25, -0.2) is 9.97 Å². The quantitative estimate of drug-likeness (QED) is 0.347. The molecule has 3 aromatic rings. The van der Waals surface area contributed by atoms with Gasteiger partial charge in [0.15, 0.2) is 16.7 Å². The number of thiazole rings is 1. The van der Waals surface area contributed by atoms with Crippen molar-refractivity contribution in [3.63, 3.8) is 0 Å². The van der Waals surface area contributed by atoms with Crippen molar-refractivity contribution in [2.24, 2.45) is 11.8 Å². The van der Waals surface area contributed by atoms with Gasteiger partial charge in [0.25, 0.3) is 0 Å². The lowest BCUT2D eigenvalue weighted by atomic mass is 9.90. The molecular formula is C28H30ClFN4O4S. The number of rotatable bonds is 8. The monoisotopic (exact) mass is 572 g/mol. The van der Waals surface area contributed by atoms with Gasteiger partial charge in [0.1, 0.15) is 12.3 Å². The summed E-state index contributed by atoms with van der Waals surface area (Å²) in [7, 11) is 3.47. The van der Waals surface area contributed by atoms with Gasteiger partial charge in [-0.1, -0.05) is 54.7 Å². The van der Waals surface area contributed by atoms with Gasteiger partial charge in [0.2, 0.25) is 11.0 Å². The number of amides is 1. The standard InChI is InChI=1S/C28H30ClFN4O4S/c1-33-9-10-38-22-12-18(15-31-26(22)33)20-8-7-19(29)14-21(20)24-25(30)39-28(32-24)34(2)27(37)17(13-23(35)36)11-16-5-3-4-6-16/h7-8,12,14-17H,3-6,9-11,13H2,1-2H3,(H,35,36)/t17-/m1/s1. The normalized spacial score (nSPS) is 16.1. The third kappa shape index (κ3) is 5.86. The molecule has 1 aromatic carbocycles. The van der Waals surface area contributed by atoms with Gasteiger partial charge in [-0.05, 0) is 36.1 Å². The van der Waals surface area contributed by atoms with Crippen molar-refractivity contribution in [3.05, 3.63) is 40.6 Å². The van der Waals surface area contributed by atoms with Crippen LogP contribution >= 0.6 is 22.9 Å². The molecule has 1 fully saturated rings. The largest absolute Gasteiger partial charge is 0.488 e. The highest BCUT2D eigenvalue weighted by molar-refractivity contribution is 7.14. The van der Waals surface area contributed by atoms with Crippen LogP contribution in [0.1, 0.15) is 38.5 Å². The minimum atomic E-state index is -1.02. The Morgan fingerprint density at radius 1 is 1.28 bits per heavy atom. The van der Waals surface area contributed by atoms with Crippen LogP contribution in [0.3, 0.4) is 0 Å². The molecule has 1 amide bonds. The van der Waals surface area contributed by atoms with E-state index in [0.29, 0.717) is 46.4 Å². The number of carbonyl (C=O) groups excluding carboxylic acids is 1. The van der Waals surface area contributed by atoms with Crippen molar-refractivity contribution in [3.8, 4) is 28.1 Å². The van der Waals surface area contributed by atoms with Crippen LogP contribution in [0.25, 0.3) is 22.4 Å². The number of aromatic nitrogens is 2. The van der Waals surface area contributed by atoms with Gasteiger partial charge in [-0.2, -0.15) is 4.39 Å². The van der Waals surface area contributed by atoms with Gasteiger partial charge in [-0.15, -0.1) is 0 Å². The predicted molar refractivity (Wildman–Crippen MR) is 150 cm³/mol. The second kappa shape index (κ2) is 11.5. The first kappa shape index (κ1) is 27.3. The van der Waals surface area contributed by atoms with E-state index in [2.05, 4.69) is 9.97 Å². The summed E-state index contributed by atoms with van der Waals surface area (Å²) < 4.78 is 21.2. The van der Waals surface area contributed by atoms with Crippen molar-refractivity contribution in [1.82, 2.24) is 9.97 Å². The van der Waals surface area contributed by atoms with Crippen molar-refractivity contribution >= 4 is 45.8 Å². The molecule has 39 heavy (non-hydrogen) atoms. The van der Waals surface area contributed by atoms with E-state index < -0.39 is 17.0 Å². The number of aliphatic carboxylic acids is 1. The number of benzene rings is 1. The van der Waals surface area contributed by atoms with Crippen molar-refractivity contribution in [2.75, 3.05) is 37.0 Å². The molecule has 0 bridgehead atoms. The zero-order valence-electron chi connectivity index (χ0n) is 21.8. The van der Waals surface area contributed by atoms with Crippen LogP contribution in [0.5, 0.6) is 5.75 Å². The molecule has 0 radical (unpaired) electrons. The number of hydrogen-bond acceptors (Lipinski definition) is 7. The first-order valence-corrected chi connectivity index (χ1v) is 14.2. The van der Waals surface area contributed by atoms with Crippen molar-refractivity contribution in [2.45, 2.75) is 38.5 Å². The molecule has 3 heterocycles. The maximum absolute atomic E-state index is 15.4. The molecule has 0 spiro atoms. The fourth-order valence-corrected chi connectivity index (χ4v) is 6.39. The highest BCUT2D eigenvalue weighted by Crippen LogP contribution is 2.41. The Morgan fingerprint density at radius 3 is 2.79 bits per heavy atom. The summed E-state index contributed by atoms with van der Waals surface area (Å²) >= 11 is 7.07. The molecule has 1 aliphatic carbocycles. The van der Waals surface area contributed by atoms with Crippen LogP contribution in [-0.4, -0.2) is 54.2 Å². The number of ether oxygens (including phenoxy) is 1. The summed E-state index contributed by atoms with van der Waals surface area (Å²) in [6, 6.07) is 7.00. The number of halogens is 2. The smallest absolute Gasteiger partial charge is 0.304 e. The minimum absolute atomic E-state index is 0.0634. The van der Waals surface area contributed by atoms with Crippen molar-refractivity contribution < 1.29 is 23.8 Å². The predicted octanol–water partition coefficient (Wildman–Crippen LogP) is 6.13. The minimum Gasteiger partial charge on any atom is -0.488 e. The van der Waals surface area contributed by atoms with Crippen LogP contribution in [0.15, 0.2) is 30.5 Å². The molecule has 2 aliphatic rings. The number of likely N-dealkylation sites (N-methyl/N-ethyl adjacent to an activating group) is 1. The van der Waals surface area contributed by atoms with E-state index in [1.165, 1.54) is 11.9 Å². The molecule has 1 aliphatic heterocycles. The summed E-state index contributed by atoms with van der Waals surface area (Å²) in [5.41, 5.74) is 1.91. The van der Waals surface area contributed by atoms with Crippen LogP contribution < -0.4 is 14.5 Å². The Bertz CT molecular complexity index is 1390. The fourth-order valence-electron chi connectivity index (χ4n) is 5.44. The van der Waals surface area contributed by atoms with E-state index in [9.17, 15) is 14.7 Å². The maximum Gasteiger partial charge on any atom is 0.304 e. The number of pyridine rings is 1. The van der Waals surface area contributed by atoms with Crippen LogP contribution in [0.4, 0.5) is 15.3 Å². The lowest BCUT2D eigenvalue weighted by molar-refractivity contribution is -0.140. The maximum atomic E-state index is 15.4. The van der Waals surface area contributed by atoms with Gasteiger partial charge in [0, 0.05) is 42.4 Å². The van der Waals surface area contributed by atoms with Gasteiger partial charge in [-0.3, -0.25) is 14.5 Å². The van der Waals surface area contributed by atoms with E-state index in [1.807, 2.05) is 18.0 Å². The van der Waals surface area contributed by atoms with E-state index in [0.717, 1.165) is 49.4 Å². The second-order valence-electron chi connectivity index (χ2n) is 10.2. The first-order valence-electron chi connectivity index (χ1n) is 13.0. The fraction of sp³-hybridized carbons (Fsp3) is 0.429. The second-order valence-corrected chi connectivity index (χ2v) is 11.6. The third-order valence-electron chi connectivity index (χ3n) is 7.48. The molecule has 1 N–H and O–H groups in total. The Kier molecular flexibility index (Phi) is 8.04. The zero-order valence-corrected chi connectivity index (χ0v) is 23.4. The first-order chi connectivity index (χ1) is 18.7. The number of anilines is 2. The number of carboxylic acid groups (broad SMARTS) is 1. The SMILES string of the molecule is CN1CCOc2cc(-c3ccc(Cl)cc3-c3nc(N(C)C(=O)[C@@H](CC(=O)O)CC4CCCC4)sc3F)cnc21. The van der Waals surface area contributed by atoms with E-state index in [1.54, 1.807) is 24.4 Å². The molecule has 1 saturated carbocycles. The number of carbonyl (C=O) groups is 2. The highest BCUT2D eigenvalue weighted by Gasteiger charge is 2.31. The topological polar surface area (TPSA) is 95.9 Å². The summed E-state index contributed by atoms with van der Waals surface area (Å²) in [5, 5.41) is 9.44. The Morgan fingerprint density at radius 2 is 2.05 bits per heavy atom. The summed E-state index contributed by atoms with van der Waals surface area (Å²) in [5.74, 6) is -0.375. The van der Waals surface area contributed by atoms with Crippen LogP contribution in [-0.2, 0) is 9.59 Å². The summed E-state index contributed by atoms with van der Waals surface area (Å²) in [4.78, 5) is 37.3. The van der Waals surface area contributed by atoms with E-state index >= 15 is 4.39 Å². The lowest BCUT2D eigenvalue weighted by Gasteiger charge is -2.26. The summed E-state index contributed by atoms with van der Waals surface area (Å²) in [6.45, 7) is 1.27. The molecule has 206 valence electrons. The molecular weight excluding hydrogens is 543 g/mol. The van der Waals surface area contributed by atoms with Crippen molar-refractivity contribution in [1.29, 1.82) is 0 Å². The van der Waals surface area contributed by atoms with E-state index in [-0.39, 0.29) is 23.2 Å². The molecule has 8 nitrogen and oxygen atoms in total. The molecule has 0 saturated heterocycles. The lowest BCUT2D eigenvalue weighted by Crippen LogP contribution is -2.35. The van der Waals surface area contributed by atoms with Crippen LogP contribution in [0, 0.1) is 17.0 Å². The number of fused-ring (bicyclic) bond motifs is 1. The number of carboxylic acids is 1. The van der Waals surface area contributed by atoms with Gasteiger partial charge < -0.3 is 14.7 Å². The molecule has 2 aromatic heterocycles. The average molecular weight is 573 g/mol. The molecule has 5 rings (SSSR count). The van der Waals surface area contributed by atoms with Gasteiger partial charge in [0.05, 0.1) is 13.0 Å². The third-order valence-corrected chi connectivity index (χ3v) is 8.64. The number of nitrogens with zero attached hydrogens (tertiary/aromatic N) is 4. The molecule has 1 atom stereocenters. The van der Waals surface area contributed by atoms with E-state index in [4.69, 9.17) is 16.3 Å². The molecule has 0 unspecified atom stereocenters. The molecule has 11 heteroatoms.